The Morgan fingerprint density at radius 1 is 0.979 bits per heavy atom. The molecule has 0 saturated carbocycles. The first kappa shape index (κ1) is 33.1. The summed E-state index contributed by atoms with van der Waals surface area (Å²) in [6.45, 7) is 5.77. The predicted molar refractivity (Wildman–Crippen MR) is 178 cm³/mol. The van der Waals surface area contributed by atoms with Crippen molar-refractivity contribution < 1.29 is 33.8 Å². The molecule has 4 aliphatic heterocycles. The number of hydrogen-bond donors (Lipinski definition) is 2. The highest BCUT2D eigenvalue weighted by atomic mass is 79.9. The van der Waals surface area contributed by atoms with E-state index in [1.807, 2.05) is 74.5 Å². The number of ether oxygens (including phenoxy) is 2. The number of amides is 3. The van der Waals surface area contributed by atoms with E-state index in [1.165, 1.54) is 4.90 Å². The van der Waals surface area contributed by atoms with E-state index in [-0.39, 0.29) is 44.4 Å². The number of aliphatic hydroxyl groups is 1. The lowest BCUT2D eigenvalue weighted by Crippen LogP contribution is -2.56. The number of likely N-dealkylation sites (tertiary alicyclic amines) is 1. The third-order valence-electron chi connectivity index (χ3n) is 9.67. The van der Waals surface area contributed by atoms with Gasteiger partial charge in [0.15, 0.2) is 0 Å². The second-order valence-corrected chi connectivity index (χ2v) is 13.7. The minimum atomic E-state index is -1.44. The lowest BCUT2D eigenvalue weighted by Gasteiger charge is -2.36. The van der Waals surface area contributed by atoms with E-state index >= 15 is 0 Å². The number of carbonyl (C=O) groups excluding carboxylic acids is 4. The van der Waals surface area contributed by atoms with Crippen LogP contribution in [0.25, 0.3) is 0 Å². The molecule has 0 radical (unpaired) electrons. The number of para-hydroxylation sites is 1. The van der Waals surface area contributed by atoms with Crippen LogP contribution >= 0.6 is 15.9 Å². The molecular weight excluding hydrogens is 666 g/mol. The van der Waals surface area contributed by atoms with Crippen LogP contribution in [-0.4, -0.2) is 77.2 Å². The summed E-state index contributed by atoms with van der Waals surface area (Å²) in [5.41, 5.74) is 1.74. The van der Waals surface area contributed by atoms with Crippen molar-refractivity contribution in [2.24, 2.45) is 11.8 Å². The first-order chi connectivity index (χ1) is 22.6. The van der Waals surface area contributed by atoms with Crippen LogP contribution < -0.4 is 10.2 Å². The van der Waals surface area contributed by atoms with Gasteiger partial charge in [-0.05, 0) is 56.4 Å². The van der Waals surface area contributed by atoms with Gasteiger partial charge in [-0.1, -0.05) is 76.6 Å². The summed E-state index contributed by atoms with van der Waals surface area (Å²) in [6.07, 6.45) is 4.73. The number of rotatable bonds is 5. The smallest absolute Gasteiger partial charge is 0.313 e. The Morgan fingerprint density at radius 3 is 2.40 bits per heavy atom. The van der Waals surface area contributed by atoms with Gasteiger partial charge in [0.1, 0.15) is 29.8 Å². The summed E-state index contributed by atoms with van der Waals surface area (Å²) >= 11 is 3.60. The number of nitrogens with zero attached hydrogens (tertiary/aromatic N) is 2. The zero-order valence-corrected chi connectivity index (χ0v) is 28.3. The highest BCUT2D eigenvalue weighted by molar-refractivity contribution is 9.11. The minimum absolute atomic E-state index is 0.109. The molecule has 4 heterocycles. The lowest BCUT2D eigenvalue weighted by atomic mass is 9.74. The molecule has 11 heteroatoms. The van der Waals surface area contributed by atoms with E-state index < -0.39 is 53.6 Å². The maximum absolute atomic E-state index is 15.0. The Kier molecular flexibility index (Phi) is 9.42. The molecule has 6 rings (SSSR count). The van der Waals surface area contributed by atoms with Crippen LogP contribution in [0.15, 0.2) is 71.2 Å². The van der Waals surface area contributed by atoms with Crippen molar-refractivity contribution in [3.05, 3.63) is 87.9 Å². The van der Waals surface area contributed by atoms with Crippen molar-refractivity contribution in [2.45, 2.75) is 69.9 Å². The molecule has 1 spiro atoms. The summed E-state index contributed by atoms with van der Waals surface area (Å²) in [6, 6.07) is 13.3. The Morgan fingerprint density at radius 2 is 1.70 bits per heavy atom. The average Bonchev–Trinajstić information content (AvgIpc) is 3.64. The third kappa shape index (κ3) is 5.83. The maximum atomic E-state index is 15.0. The number of aryl methyl sites for hydroxylation is 2. The van der Waals surface area contributed by atoms with E-state index in [1.54, 1.807) is 17.9 Å². The van der Waals surface area contributed by atoms with Crippen molar-refractivity contribution in [3.8, 4) is 0 Å². The van der Waals surface area contributed by atoms with Gasteiger partial charge in [-0.15, -0.1) is 0 Å². The first-order valence-electron chi connectivity index (χ1n) is 16.1. The molecule has 0 aliphatic carbocycles. The Bertz CT molecular complexity index is 1610. The number of fused-ring (bicyclic) bond motifs is 2. The van der Waals surface area contributed by atoms with E-state index in [0.717, 1.165) is 16.8 Å². The largest absolute Gasteiger partial charge is 0.455 e. The van der Waals surface area contributed by atoms with E-state index in [9.17, 15) is 24.3 Å². The highest BCUT2D eigenvalue weighted by Gasteiger charge is 2.75. The number of benzene rings is 2. The Balaban J connectivity index is 1.48. The second kappa shape index (κ2) is 13.4. The van der Waals surface area contributed by atoms with Gasteiger partial charge < -0.3 is 29.7 Å². The molecule has 2 aromatic carbocycles. The van der Waals surface area contributed by atoms with Crippen molar-refractivity contribution >= 4 is 45.3 Å². The van der Waals surface area contributed by atoms with Crippen LogP contribution in [-0.2, 0) is 28.7 Å². The van der Waals surface area contributed by atoms with Gasteiger partial charge >= 0.3 is 5.97 Å². The molecule has 0 unspecified atom stereocenters. The molecule has 0 aromatic heterocycles. The summed E-state index contributed by atoms with van der Waals surface area (Å²) in [5, 5.41) is 12.8. The number of anilines is 1. The zero-order chi connectivity index (χ0) is 33.5. The van der Waals surface area contributed by atoms with Crippen LogP contribution in [0.1, 0.15) is 49.0 Å². The molecule has 2 N–H and O–H groups in total. The molecule has 47 heavy (non-hydrogen) atoms. The average molecular weight is 707 g/mol. The van der Waals surface area contributed by atoms with Crippen molar-refractivity contribution in [3.63, 3.8) is 0 Å². The predicted octanol–water partition coefficient (Wildman–Crippen LogP) is 4.03. The quantitative estimate of drug-likeness (QED) is 0.356. The van der Waals surface area contributed by atoms with Gasteiger partial charge in [0.05, 0.1) is 12.0 Å². The molecule has 2 saturated heterocycles. The SMILES string of the molecule is Cc1cccc(C)c1N1C/C=C\CCC(=O)N[C@H](C)[C@@H](c2ccccc2)OC(=O)[C@@H]2[C@H]3O[C@@]4(C=C3Br)[C@H](C1=O)N(CCCO)C(=O)[C@@H]24. The van der Waals surface area contributed by atoms with E-state index in [2.05, 4.69) is 21.2 Å². The number of esters is 1. The number of aliphatic hydroxyl groups excluding tert-OH is 1. The maximum Gasteiger partial charge on any atom is 0.313 e. The van der Waals surface area contributed by atoms with Crippen LogP contribution in [0.4, 0.5) is 5.69 Å². The molecular formula is C36H40BrN3O7. The lowest BCUT2D eigenvalue weighted by molar-refractivity contribution is -0.161. The standard InChI is InChI=1S/C36H40BrN3O7/c1-21-12-10-13-22(2)29(21)39-17-9-5-8-16-26(42)38-23(3)30(24-14-6-4-7-15-24)46-35(45)27-28-33(43)40(18-11-19-41)32(34(39)44)36(28)20-25(37)31(27)47-36/h4-7,9-10,12-15,20,23,27-28,30-32,41H,8,11,16-19H2,1-3H3,(H,38,42)/b9-5-/t23-,27+,28-,30+,31+,32+,36-/m1/s1. The first-order valence-corrected chi connectivity index (χ1v) is 16.9. The molecule has 4 aliphatic rings. The number of allylic oxidation sites excluding steroid dienone is 1. The topological polar surface area (TPSA) is 125 Å². The van der Waals surface area contributed by atoms with Gasteiger partial charge in [0.25, 0.3) is 5.91 Å². The fourth-order valence-electron chi connectivity index (χ4n) is 7.64. The number of cyclic esters (lactones) is 1. The number of nitrogens with one attached hydrogen (secondary N) is 1. The molecule has 7 atom stereocenters. The fourth-order valence-corrected chi connectivity index (χ4v) is 8.37. The van der Waals surface area contributed by atoms with E-state index in [4.69, 9.17) is 9.47 Å². The van der Waals surface area contributed by atoms with E-state index in [0.29, 0.717) is 16.5 Å². The molecule has 3 amide bonds. The Hall–Kier alpha value is -3.80. The fraction of sp³-hybridized carbons (Fsp3) is 0.444. The third-order valence-corrected chi connectivity index (χ3v) is 10.4. The molecule has 10 nitrogen and oxygen atoms in total. The van der Waals surface area contributed by atoms with Crippen molar-refractivity contribution in [1.29, 1.82) is 0 Å². The number of halogens is 1. The van der Waals surface area contributed by atoms with Crippen LogP contribution in [0.2, 0.25) is 0 Å². The van der Waals surface area contributed by atoms with Gasteiger partial charge in [-0.3, -0.25) is 19.2 Å². The molecule has 5 bridgehead atoms. The monoisotopic (exact) mass is 705 g/mol. The van der Waals surface area contributed by atoms with Gasteiger partial charge in [-0.2, -0.15) is 0 Å². The van der Waals surface area contributed by atoms with Gasteiger partial charge in [-0.25, -0.2) is 0 Å². The van der Waals surface area contributed by atoms with Gasteiger partial charge in [0.2, 0.25) is 11.8 Å². The van der Waals surface area contributed by atoms with Crippen molar-refractivity contribution in [2.75, 3.05) is 24.6 Å². The van der Waals surface area contributed by atoms with Crippen LogP contribution in [0.5, 0.6) is 0 Å². The normalized spacial score (nSPS) is 31.8. The summed E-state index contributed by atoms with van der Waals surface area (Å²) in [7, 11) is 0. The second-order valence-electron chi connectivity index (χ2n) is 12.8. The highest BCUT2D eigenvalue weighted by Crippen LogP contribution is 2.59. The van der Waals surface area contributed by atoms with Crippen molar-refractivity contribution in [1.82, 2.24) is 10.2 Å². The van der Waals surface area contributed by atoms with Gasteiger partial charge in [0, 0.05) is 36.3 Å². The summed E-state index contributed by atoms with van der Waals surface area (Å²) in [4.78, 5) is 59.9. The van der Waals surface area contributed by atoms with Crippen LogP contribution in [0.3, 0.4) is 0 Å². The number of hydrogen-bond acceptors (Lipinski definition) is 7. The molecule has 248 valence electrons. The number of carbonyl (C=O) groups is 4. The van der Waals surface area contributed by atoms with Crippen LogP contribution in [0, 0.1) is 25.7 Å². The Labute approximate surface area is 282 Å². The summed E-state index contributed by atoms with van der Waals surface area (Å²) < 4.78 is 13.4. The minimum Gasteiger partial charge on any atom is -0.455 e. The zero-order valence-electron chi connectivity index (χ0n) is 26.7. The molecule has 2 fully saturated rings. The summed E-state index contributed by atoms with van der Waals surface area (Å²) in [5.74, 6) is -3.68. The molecule has 2 aromatic rings.